The normalized spacial score (nSPS) is 11.4. The minimum atomic E-state index is 0.333. The molecular formula is C82H218N18. The summed E-state index contributed by atoms with van der Waals surface area (Å²) in [6, 6.07) is 2.40. The highest BCUT2D eigenvalue weighted by Gasteiger charge is 1.96. The van der Waals surface area contributed by atoms with Crippen LogP contribution in [-0.2, 0) is 0 Å². The summed E-state index contributed by atoms with van der Waals surface area (Å²) < 4.78 is 0. The monoisotopic (exact) mass is 1460 g/mol. The van der Waals surface area contributed by atoms with Gasteiger partial charge in [0.1, 0.15) is 0 Å². The Kier molecular flexibility index (Phi) is 238. The maximum atomic E-state index is 5.58. The van der Waals surface area contributed by atoms with E-state index >= 15 is 0 Å². The Labute approximate surface area is 638 Å². The van der Waals surface area contributed by atoms with Crippen LogP contribution in [0.2, 0.25) is 0 Å². The largest absolute Gasteiger partial charge is 0.333 e. The summed E-state index contributed by atoms with van der Waals surface area (Å²) in [6.45, 7) is 70.5. The highest BCUT2D eigenvalue weighted by atomic mass is 14.6. The van der Waals surface area contributed by atoms with E-state index in [9.17, 15) is 0 Å². The van der Waals surface area contributed by atoms with Crippen molar-refractivity contribution in [2.45, 2.75) is 423 Å². The molecule has 0 aromatic rings. The summed E-state index contributed by atoms with van der Waals surface area (Å²) in [4.78, 5) is 0. The fourth-order valence-corrected chi connectivity index (χ4v) is 5.14. The van der Waals surface area contributed by atoms with E-state index in [4.69, 9.17) is 97.5 Å². The fraction of sp³-hybridized carbons (Fsp3) is 1.00. The molecule has 0 radical (unpaired) electrons. The number of hydrogen-bond acceptors (Lipinski definition) is 18. The molecule has 36 N–H and O–H groups in total. The number of rotatable bonds is 35. The van der Waals surface area contributed by atoms with Gasteiger partial charge in [0.2, 0.25) is 0 Å². The third-order valence-electron chi connectivity index (χ3n) is 13.2. The van der Waals surface area contributed by atoms with Crippen LogP contribution in [-0.4, -0.2) is 115 Å². The van der Waals surface area contributed by atoms with Crippen molar-refractivity contribution in [1.29, 1.82) is 0 Å². The van der Waals surface area contributed by atoms with Crippen molar-refractivity contribution in [1.82, 2.24) is 0 Å². The molecule has 7 atom stereocenters. The van der Waals surface area contributed by atoms with Gasteiger partial charge in [-0.05, 0) is 244 Å². The van der Waals surface area contributed by atoms with Gasteiger partial charge < -0.3 is 103 Å². The molecule has 0 bridgehead atoms. The van der Waals surface area contributed by atoms with Crippen LogP contribution in [0.15, 0.2) is 0 Å². The average molecular weight is 1460 g/mol. The van der Waals surface area contributed by atoms with E-state index in [1.807, 2.05) is 34.6 Å². The van der Waals surface area contributed by atoms with Crippen LogP contribution in [0.3, 0.4) is 0 Å². The minimum absolute atomic E-state index is 0.333. The molecule has 636 valence electrons. The van der Waals surface area contributed by atoms with Gasteiger partial charge in [-0.15, -0.1) is 0 Å². The van der Waals surface area contributed by atoms with Gasteiger partial charge >= 0.3 is 0 Å². The molecule has 0 aliphatic rings. The fourth-order valence-electron chi connectivity index (χ4n) is 5.14. The van der Waals surface area contributed by atoms with Gasteiger partial charge in [0.25, 0.3) is 0 Å². The Morgan fingerprint density at radius 3 is 0.600 bits per heavy atom. The first-order valence-electron chi connectivity index (χ1n) is 41.8. The van der Waals surface area contributed by atoms with E-state index in [0.717, 1.165) is 141 Å². The smallest absolute Gasteiger partial charge is 0.00361 e. The van der Waals surface area contributed by atoms with Crippen molar-refractivity contribution >= 4 is 0 Å². The van der Waals surface area contributed by atoms with Crippen LogP contribution in [0.1, 0.15) is 387 Å². The lowest BCUT2D eigenvalue weighted by Gasteiger charge is -2.03. The second-order valence-electron chi connectivity index (χ2n) is 27.6. The average Bonchev–Trinajstić information content (AvgIpc) is 3.69. The standard InChI is InChI=1S/6C6H15N.5C5H13N.3C4H11N.2C3H9N.C2H7N.CH5N/c1-6(2)4-3-5-7;1-3-6(2)4-5-7;1-3-4-6(2)5-7;1-3-4-5-6(2)7;1-3-5-6(7)4-2;1-2-3-4-5-6-7;1-5(2)3-4-6;1-3-5(2)4-6;1-3-4-5(2)6;1-3-5(6)4-2;1-2-3-4-5-6;1-4(2)3-5;1-3-4(2)5;1-2-3-4-5;1-3(2)4;1-2-3-4;1-2-3;1-2/h5*6H,3-5,7H2,1-2H3;2-7H2,1H3;4*5H,3-4,6H2,1-2H3;2-6H2,1H3;2*4H,3,5H2,1-2H3;2-5H2,1H3;3H,4H2,1-2H3;2-4H2,1H3;2-3H2,1H3;2H2,1H3. The second-order valence-corrected chi connectivity index (χ2v) is 27.6. The summed E-state index contributed by atoms with van der Waals surface area (Å²) >= 11 is 0. The van der Waals surface area contributed by atoms with Gasteiger partial charge in [0, 0.05) is 30.2 Å². The van der Waals surface area contributed by atoms with E-state index in [0.29, 0.717) is 48.1 Å². The number of unbranched alkanes of at least 4 members (excludes halogenated alkanes) is 7. The van der Waals surface area contributed by atoms with Gasteiger partial charge in [0.15, 0.2) is 0 Å². The van der Waals surface area contributed by atoms with Gasteiger partial charge in [-0.25, -0.2) is 0 Å². The van der Waals surface area contributed by atoms with Crippen LogP contribution in [0.5, 0.6) is 0 Å². The van der Waals surface area contributed by atoms with Gasteiger partial charge in [-0.1, -0.05) is 263 Å². The van der Waals surface area contributed by atoms with Crippen LogP contribution >= 0.6 is 0 Å². The Hall–Kier alpha value is -0.720. The molecule has 0 heterocycles. The molecule has 7 unspecified atom stereocenters. The lowest BCUT2D eigenvalue weighted by molar-refractivity contribution is 0.524. The summed E-state index contributed by atoms with van der Waals surface area (Å²) in [5.74, 6) is 4.52. The van der Waals surface area contributed by atoms with Gasteiger partial charge in [0.05, 0.1) is 0 Å². The van der Waals surface area contributed by atoms with Crippen molar-refractivity contribution < 1.29 is 0 Å². The van der Waals surface area contributed by atoms with Crippen molar-refractivity contribution in [3.8, 4) is 0 Å². The molecular weight excluding hydrogens is 1240 g/mol. The maximum Gasteiger partial charge on any atom is 0.00361 e. The second kappa shape index (κ2) is 164. The van der Waals surface area contributed by atoms with Gasteiger partial charge in [-0.2, -0.15) is 0 Å². The molecule has 0 saturated carbocycles. The molecule has 0 spiro atoms. The van der Waals surface area contributed by atoms with E-state index in [-0.39, 0.29) is 0 Å². The van der Waals surface area contributed by atoms with Crippen molar-refractivity contribution in [3.05, 3.63) is 0 Å². The maximum absolute atomic E-state index is 5.58. The predicted octanol–water partition coefficient (Wildman–Crippen LogP) is 16.4. The molecule has 0 saturated heterocycles. The lowest BCUT2D eigenvalue weighted by Crippen LogP contribution is -2.17. The predicted molar refractivity (Wildman–Crippen MR) is 477 cm³/mol. The highest BCUT2D eigenvalue weighted by Crippen LogP contribution is 2.04. The first kappa shape index (κ1) is 145. The Morgan fingerprint density at radius 2 is 0.510 bits per heavy atom. The zero-order valence-corrected chi connectivity index (χ0v) is 75.6. The molecule has 0 amide bonds. The van der Waals surface area contributed by atoms with E-state index in [2.05, 4.69) is 172 Å². The Bertz CT molecular complexity index is 912. The first-order chi connectivity index (χ1) is 47.0. The minimum Gasteiger partial charge on any atom is -0.333 e. The third-order valence-corrected chi connectivity index (χ3v) is 13.2. The SMILES string of the molecule is CC(C)CCCN.CC(C)CCN.CC(C)CN.CC(C)N.CCC(C)CCN.CCC(C)CN.CCC(C)N.CCC(N)CC.CCCC(C)CN.CCCC(C)N.CCCC(N)CC.CCCCC(C)N.CCCCCCN.CCCCCN.CCCCN.CCCN.CCN.CN. The summed E-state index contributed by atoms with van der Waals surface area (Å²) in [7, 11) is 1.50. The van der Waals surface area contributed by atoms with Crippen LogP contribution in [0, 0.1) is 35.5 Å². The van der Waals surface area contributed by atoms with E-state index in [1.54, 1.807) is 0 Å². The van der Waals surface area contributed by atoms with Crippen molar-refractivity contribution in [2.75, 3.05) is 79.0 Å². The molecule has 0 aliphatic carbocycles. The highest BCUT2D eigenvalue weighted by molar-refractivity contribution is 4.56. The van der Waals surface area contributed by atoms with E-state index < -0.39 is 0 Å². The number of nitrogens with two attached hydrogens (primary N) is 18. The molecule has 0 aromatic carbocycles. The molecule has 18 nitrogen and oxygen atoms in total. The Balaban J connectivity index is -0.0000000447. The van der Waals surface area contributed by atoms with Gasteiger partial charge in [-0.3, -0.25) is 0 Å². The summed E-state index contributed by atoms with van der Waals surface area (Å²) in [5, 5.41) is 0. The Morgan fingerprint density at radius 1 is 0.210 bits per heavy atom. The van der Waals surface area contributed by atoms with Crippen molar-refractivity contribution in [2.24, 2.45) is 139 Å². The molecule has 18 heteroatoms. The summed E-state index contributed by atoms with van der Waals surface area (Å²) in [5.41, 5.74) is 94.0. The number of hydrogen-bond donors (Lipinski definition) is 18. The summed E-state index contributed by atoms with van der Waals surface area (Å²) in [6.07, 6.45) is 35.1. The third kappa shape index (κ3) is 357. The molecule has 0 rings (SSSR count). The van der Waals surface area contributed by atoms with Crippen LogP contribution < -0.4 is 103 Å². The van der Waals surface area contributed by atoms with E-state index in [1.165, 1.54) is 148 Å². The molecule has 100 heavy (non-hydrogen) atoms. The van der Waals surface area contributed by atoms with Crippen LogP contribution in [0.25, 0.3) is 0 Å². The lowest BCUT2D eigenvalue weighted by atomic mass is 10.1. The quantitative estimate of drug-likeness (QED) is 0.0262. The zero-order valence-electron chi connectivity index (χ0n) is 75.6. The molecule has 0 fully saturated rings. The zero-order chi connectivity index (χ0) is 83.2. The van der Waals surface area contributed by atoms with Crippen molar-refractivity contribution in [3.63, 3.8) is 0 Å². The molecule has 0 aliphatic heterocycles. The first-order valence-corrected chi connectivity index (χ1v) is 41.8. The topological polar surface area (TPSA) is 468 Å². The molecule has 0 aromatic heterocycles. The van der Waals surface area contributed by atoms with Crippen LogP contribution in [0.4, 0.5) is 0 Å².